The van der Waals surface area contributed by atoms with E-state index < -0.39 is 9.84 Å². The summed E-state index contributed by atoms with van der Waals surface area (Å²) < 4.78 is 23.2. The Bertz CT molecular complexity index is 843. The summed E-state index contributed by atoms with van der Waals surface area (Å²) in [5.74, 6) is -0.511. The van der Waals surface area contributed by atoms with Crippen molar-refractivity contribution in [3.05, 3.63) is 46.2 Å². The number of carbonyl (C=O) groups is 2. The minimum absolute atomic E-state index is 0.0969. The van der Waals surface area contributed by atoms with E-state index in [1.807, 2.05) is 0 Å². The van der Waals surface area contributed by atoms with Gasteiger partial charge in [0.2, 0.25) is 5.91 Å². The molecule has 0 radical (unpaired) electrons. The lowest BCUT2D eigenvalue weighted by Gasteiger charge is -2.10. The van der Waals surface area contributed by atoms with Crippen molar-refractivity contribution in [2.24, 2.45) is 0 Å². The number of nitrogens with one attached hydrogen (secondary N) is 2. The zero-order valence-electron chi connectivity index (χ0n) is 13.3. The highest BCUT2D eigenvalue weighted by Gasteiger charge is 2.12. The summed E-state index contributed by atoms with van der Waals surface area (Å²) >= 11 is 1.33. The Morgan fingerprint density at radius 1 is 1.21 bits per heavy atom. The van der Waals surface area contributed by atoms with Crippen molar-refractivity contribution in [3.8, 4) is 0 Å². The number of thiophene rings is 1. The fraction of sp³-hybridized carbons (Fsp3) is 0.250. The van der Waals surface area contributed by atoms with E-state index in [1.165, 1.54) is 23.5 Å². The molecule has 0 aliphatic rings. The maximum absolute atomic E-state index is 12.0. The van der Waals surface area contributed by atoms with Gasteiger partial charge in [0.15, 0.2) is 9.84 Å². The highest BCUT2D eigenvalue weighted by Crippen LogP contribution is 2.20. The van der Waals surface area contributed by atoms with Gasteiger partial charge in [0, 0.05) is 24.9 Å². The van der Waals surface area contributed by atoms with E-state index in [2.05, 4.69) is 10.6 Å². The molecule has 6 nitrogen and oxygen atoms in total. The molecule has 8 heteroatoms. The Morgan fingerprint density at radius 3 is 2.58 bits per heavy atom. The first-order valence-corrected chi connectivity index (χ1v) is 9.97. The average molecular weight is 366 g/mol. The zero-order valence-corrected chi connectivity index (χ0v) is 15.0. The molecule has 1 aromatic carbocycles. The summed E-state index contributed by atoms with van der Waals surface area (Å²) in [6, 6.07) is 8.07. The van der Waals surface area contributed by atoms with Crippen molar-refractivity contribution in [2.75, 3.05) is 18.1 Å². The number of anilines is 1. The predicted molar refractivity (Wildman–Crippen MR) is 94.2 cm³/mol. The Kier molecular flexibility index (Phi) is 5.74. The van der Waals surface area contributed by atoms with Crippen LogP contribution in [0.25, 0.3) is 0 Å². The Hall–Kier alpha value is -2.19. The van der Waals surface area contributed by atoms with Crippen molar-refractivity contribution in [2.45, 2.75) is 18.2 Å². The number of amides is 2. The second-order valence-corrected chi connectivity index (χ2v) is 8.24. The van der Waals surface area contributed by atoms with Crippen LogP contribution in [0.2, 0.25) is 0 Å². The maximum Gasteiger partial charge on any atom is 0.261 e. The summed E-state index contributed by atoms with van der Waals surface area (Å²) in [5, 5.41) is 7.15. The third-order valence-corrected chi connectivity index (χ3v) is 5.27. The van der Waals surface area contributed by atoms with Gasteiger partial charge in [-0.3, -0.25) is 9.59 Å². The van der Waals surface area contributed by atoms with Crippen LogP contribution < -0.4 is 10.6 Å². The second kappa shape index (κ2) is 7.59. The lowest BCUT2D eigenvalue weighted by molar-refractivity contribution is -0.116. The molecule has 2 N–H and O–H groups in total. The molecule has 2 aromatic rings. The predicted octanol–water partition coefficient (Wildman–Crippen LogP) is 2.22. The molecule has 0 unspecified atom stereocenters. The quantitative estimate of drug-likeness (QED) is 0.820. The van der Waals surface area contributed by atoms with Crippen LogP contribution in [0.1, 0.15) is 21.7 Å². The van der Waals surface area contributed by atoms with Crippen LogP contribution in [-0.4, -0.2) is 33.0 Å². The summed E-state index contributed by atoms with van der Waals surface area (Å²) in [7, 11) is -3.34. The molecule has 0 fully saturated rings. The van der Waals surface area contributed by atoms with Crippen LogP contribution in [0, 0.1) is 6.92 Å². The van der Waals surface area contributed by atoms with E-state index in [0.717, 1.165) is 11.8 Å². The molecule has 1 heterocycles. The van der Waals surface area contributed by atoms with Gasteiger partial charge in [-0.05, 0) is 36.1 Å². The zero-order chi connectivity index (χ0) is 17.7. The molecule has 0 spiro atoms. The van der Waals surface area contributed by atoms with E-state index in [0.29, 0.717) is 10.6 Å². The first-order valence-electron chi connectivity index (χ1n) is 7.19. The first kappa shape index (κ1) is 18.2. The lowest BCUT2D eigenvalue weighted by atomic mass is 10.2. The molecule has 128 valence electrons. The topological polar surface area (TPSA) is 92.3 Å². The molecule has 2 amide bonds. The SMILES string of the molecule is Cc1ccc(S(C)(=O)=O)cc1NC(=O)CCNC(=O)c1cccs1. The van der Waals surface area contributed by atoms with Crippen molar-refractivity contribution >= 4 is 38.7 Å². The van der Waals surface area contributed by atoms with Crippen molar-refractivity contribution in [1.29, 1.82) is 0 Å². The molecular formula is C16H18N2O4S2. The van der Waals surface area contributed by atoms with Crippen molar-refractivity contribution in [3.63, 3.8) is 0 Å². The normalized spacial score (nSPS) is 11.1. The molecule has 0 atom stereocenters. The largest absolute Gasteiger partial charge is 0.351 e. The van der Waals surface area contributed by atoms with Crippen LogP contribution in [-0.2, 0) is 14.6 Å². The van der Waals surface area contributed by atoms with Crippen LogP contribution in [0.3, 0.4) is 0 Å². The van der Waals surface area contributed by atoms with Crippen LogP contribution in [0.5, 0.6) is 0 Å². The number of sulfone groups is 1. The first-order chi connectivity index (χ1) is 11.3. The van der Waals surface area contributed by atoms with Crippen LogP contribution >= 0.6 is 11.3 Å². The molecule has 24 heavy (non-hydrogen) atoms. The third kappa shape index (κ3) is 4.90. The third-order valence-electron chi connectivity index (χ3n) is 3.29. The molecule has 1 aromatic heterocycles. The minimum Gasteiger partial charge on any atom is -0.351 e. The number of carbonyl (C=O) groups excluding carboxylic acids is 2. The van der Waals surface area contributed by atoms with Gasteiger partial charge in [-0.2, -0.15) is 0 Å². The molecule has 0 aliphatic carbocycles. The van der Waals surface area contributed by atoms with E-state index in [9.17, 15) is 18.0 Å². The van der Waals surface area contributed by atoms with E-state index in [4.69, 9.17) is 0 Å². The Morgan fingerprint density at radius 2 is 1.96 bits per heavy atom. The molecule has 2 rings (SSSR count). The Balaban J connectivity index is 1.92. The lowest BCUT2D eigenvalue weighted by Crippen LogP contribution is -2.27. The molecule has 0 aliphatic heterocycles. The highest BCUT2D eigenvalue weighted by molar-refractivity contribution is 7.90. The van der Waals surface area contributed by atoms with Gasteiger partial charge in [0.1, 0.15) is 0 Å². The van der Waals surface area contributed by atoms with E-state index in [1.54, 1.807) is 30.5 Å². The van der Waals surface area contributed by atoms with Gasteiger partial charge in [0.25, 0.3) is 5.91 Å². The number of aryl methyl sites for hydroxylation is 1. The monoisotopic (exact) mass is 366 g/mol. The van der Waals surface area contributed by atoms with Gasteiger partial charge >= 0.3 is 0 Å². The second-order valence-electron chi connectivity index (χ2n) is 5.28. The fourth-order valence-electron chi connectivity index (χ4n) is 1.96. The number of hydrogen-bond donors (Lipinski definition) is 2. The van der Waals surface area contributed by atoms with Gasteiger partial charge in [-0.1, -0.05) is 12.1 Å². The number of benzene rings is 1. The van der Waals surface area contributed by atoms with Crippen molar-refractivity contribution < 1.29 is 18.0 Å². The molecular weight excluding hydrogens is 348 g/mol. The minimum atomic E-state index is -3.34. The average Bonchev–Trinajstić information content (AvgIpc) is 3.02. The summed E-state index contributed by atoms with van der Waals surface area (Å²) in [6.45, 7) is 1.98. The van der Waals surface area contributed by atoms with E-state index in [-0.39, 0.29) is 29.7 Å². The fourth-order valence-corrected chi connectivity index (χ4v) is 3.25. The van der Waals surface area contributed by atoms with Gasteiger partial charge < -0.3 is 10.6 Å². The molecule has 0 saturated heterocycles. The van der Waals surface area contributed by atoms with Gasteiger partial charge in [-0.25, -0.2) is 8.42 Å². The smallest absolute Gasteiger partial charge is 0.261 e. The summed E-state index contributed by atoms with van der Waals surface area (Å²) in [6.07, 6.45) is 1.21. The number of hydrogen-bond acceptors (Lipinski definition) is 5. The Labute approximate surface area is 144 Å². The van der Waals surface area contributed by atoms with Gasteiger partial charge in [-0.15, -0.1) is 11.3 Å². The summed E-state index contributed by atoms with van der Waals surface area (Å²) in [5.41, 5.74) is 1.21. The van der Waals surface area contributed by atoms with E-state index >= 15 is 0 Å². The maximum atomic E-state index is 12.0. The van der Waals surface area contributed by atoms with Crippen molar-refractivity contribution in [1.82, 2.24) is 5.32 Å². The van der Waals surface area contributed by atoms with Crippen LogP contribution in [0.4, 0.5) is 5.69 Å². The summed E-state index contributed by atoms with van der Waals surface area (Å²) in [4.78, 5) is 24.5. The van der Waals surface area contributed by atoms with Crippen LogP contribution in [0.15, 0.2) is 40.6 Å². The molecule has 0 bridgehead atoms. The highest BCUT2D eigenvalue weighted by atomic mass is 32.2. The van der Waals surface area contributed by atoms with Gasteiger partial charge in [0.05, 0.1) is 9.77 Å². The molecule has 0 saturated carbocycles. The standard InChI is InChI=1S/C16H18N2O4S2/c1-11-5-6-12(24(2,21)22)10-13(11)18-15(19)7-8-17-16(20)14-4-3-9-23-14/h3-6,9-10H,7-8H2,1-2H3,(H,17,20)(H,18,19). The number of rotatable bonds is 6.